The molecule has 0 spiro atoms. The van der Waals surface area contributed by atoms with E-state index >= 15 is 0 Å². The summed E-state index contributed by atoms with van der Waals surface area (Å²) in [7, 11) is 2.21. The Morgan fingerprint density at radius 3 is 2.75 bits per heavy atom. The number of unbranched alkanes of at least 4 members (excludes halogenated alkanes) is 2. The third-order valence-electron chi connectivity index (χ3n) is 3.79. The van der Waals surface area contributed by atoms with E-state index in [1.54, 1.807) is 0 Å². The lowest BCUT2D eigenvalue weighted by Gasteiger charge is -2.37. The zero-order chi connectivity index (χ0) is 11.8. The fraction of sp³-hybridized carbons (Fsp3) is 0.923. The molecule has 0 aliphatic heterocycles. The second-order valence-corrected chi connectivity index (χ2v) is 4.94. The first kappa shape index (κ1) is 13.5. The van der Waals surface area contributed by atoms with Crippen molar-refractivity contribution in [3.05, 3.63) is 0 Å². The van der Waals surface area contributed by atoms with Crippen LogP contribution >= 0.6 is 0 Å². The van der Waals surface area contributed by atoms with Gasteiger partial charge in [0.15, 0.2) is 0 Å². The highest BCUT2D eigenvalue weighted by Gasteiger charge is 2.26. The molecule has 2 unspecified atom stereocenters. The highest BCUT2D eigenvalue weighted by Crippen LogP contribution is 2.27. The first-order valence-electron chi connectivity index (χ1n) is 6.57. The minimum Gasteiger partial charge on any atom is -0.330 e. The molecule has 0 aromatic carbocycles. The molecule has 0 amide bonds. The summed E-state index contributed by atoms with van der Waals surface area (Å²) in [4.78, 5) is 2.47. The Kier molecular flexibility index (Phi) is 6.44. The summed E-state index contributed by atoms with van der Waals surface area (Å²) in [6, 6.07) is 2.88. The minimum absolute atomic E-state index is 0.681. The van der Waals surface area contributed by atoms with Crippen LogP contribution in [0.3, 0.4) is 0 Å². The van der Waals surface area contributed by atoms with Gasteiger partial charge in [0.2, 0.25) is 0 Å². The fourth-order valence-electron chi connectivity index (χ4n) is 2.77. The topological polar surface area (TPSA) is 53.0 Å². The van der Waals surface area contributed by atoms with Gasteiger partial charge in [0.05, 0.1) is 6.07 Å². The number of nitrogens with two attached hydrogens (primary N) is 1. The van der Waals surface area contributed by atoms with Crippen LogP contribution in [0.25, 0.3) is 0 Å². The van der Waals surface area contributed by atoms with E-state index in [4.69, 9.17) is 11.0 Å². The van der Waals surface area contributed by atoms with Crippen LogP contribution in [0.4, 0.5) is 0 Å². The van der Waals surface area contributed by atoms with Crippen molar-refractivity contribution in [2.75, 3.05) is 20.1 Å². The standard InChI is InChI=1S/C13H25N3/c1-16(10-6-2-5-9-14)13-8-4-3-7-12(13)11-15/h12-13H,2-8,10-11,15H2,1H3. The Bertz CT molecular complexity index is 222. The van der Waals surface area contributed by atoms with Crippen LogP contribution in [0.1, 0.15) is 44.9 Å². The van der Waals surface area contributed by atoms with E-state index in [-0.39, 0.29) is 0 Å². The molecule has 0 radical (unpaired) electrons. The number of hydrogen-bond donors (Lipinski definition) is 1. The summed E-state index contributed by atoms with van der Waals surface area (Å²) < 4.78 is 0. The fourth-order valence-corrected chi connectivity index (χ4v) is 2.77. The number of hydrogen-bond acceptors (Lipinski definition) is 3. The summed E-state index contributed by atoms with van der Waals surface area (Å²) in [5, 5.41) is 8.48. The van der Waals surface area contributed by atoms with Gasteiger partial charge in [-0.25, -0.2) is 0 Å². The Morgan fingerprint density at radius 2 is 2.06 bits per heavy atom. The van der Waals surface area contributed by atoms with Crippen LogP contribution in [-0.2, 0) is 0 Å². The van der Waals surface area contributed by atoms with Gasteiger partial charge in [-0.15, -0.1) is 0 Å². The third-order valence-corrected chi connectivity index (χ3v) is 3.79. The molecule has 0 bridgehead atoms. The zero-order valence-corrected chi connectivity index (χ0v) is 10.5. The van der Waals surface area contributed by atoms with Gasteiger partial charge in [0.1, 0.15) is 0 Å². The van der Waals surface area contributed by atoms with Crippen molar-refractivity contribution in [2.45, 2.75) is 51.0 Å². The van der Waals surface area contributed by atoms with Crippen molar-refractivity contribution in [3.63, 3.8) is 0 Å². The van der Waals surface area contributed by atoms with Crippen LogP contribution in [0.15, 0.2) is 0 Å². The maximum absolute atomic E-state index is 8.48. The average molecular weight is 223 g/mol. The second kappa shape index (κ2) is 7.65. The summed E-state index contributed by atoms with van der Waals surface area (Å²) in [6.45, 7) is 1.94. The second-order valence-electron chi connectivity index (χ2n) is 4.94. The first-order valence-corrected chi connectivity index (χ1v) is 6.57. The summed E-state index contributed by atoms with van der Waals surface area (Å²) in [6.07, 6.45) is 8.15. The number of nitrogens with zero attached hydrogens (tertiary/aromatic N) is 2. The molecule has 3 nitrogen and oxygen atoms in total. The maximum Gasteiger partial charge on any atom is 0.0621 e. The van der Waals surface area contributed by atoms with Crippen LogP contribution < -0.4 is 5.73 Å². The molecule has 0 aromatic rings. The van der Waals surface area contributed by atoms with Gasteiger partial charge in [-0.05, 0) is 51.7 Å². The van der Waals surface area contributed by atoms with Crippen molar-refractivity contribution in [2.24, 2.45) is 11.7 Å². The van der Waals surface area contributed by atoms with Crippen LogP contribution in [-0.4, -0.2) is 31.1 Å². The van der Waals surface area contributed by atoms with Crippen LogP contribution in [0, 0.1) is 17.2 Å². The minimum atomic E-state index is 0.681. The smallest absolute Gasteiger partial charge is 0.0621 e. The van der Waals surface area contributed by atoms with Gasteiger partial charge < -0.3 is 10.6 Å². The molecule has 92 valence electrons. The monoisotopic (exact) mass is 223 g/mol. The van der Waals surface area contributed by atoms with E-state index < -0.39 is 0 Å². The Labute approximate surface area is 99.6 Å². The van der Waals surface area contributed by atoms with Crippen molar-refractivity contribution in [1.29, 1.82) is 5.26 Å². The van der Waals surface area contributed by atoms with Gasteiger partial charge in [-0.2, -0.15) is 5.26 Å². The first-order chi connectivity index (χ1) is 7.79. The predicted octanol–water partition coefficient (Wildman–Crippen LogP) is 2.13. The maximum atomic E-state index is 8.48. The quantitative estimate of drug-likeness (QED) is 0.702. The van der Waals surface area contributed by atoms with Crippen molar-refractivity contribution in [3.8, 4) is 6.07 Å². The van der Waals surface area contributed by atoms with E-state index in [1.807, 2.05) is 0 Å². The van der Waals surface area contributed by atoms with Gasteiger partial charge in [-0.1, -0.05) is 12.8 Å². The van der Waals surface area contributed by atoms with Crippen molar-refractivity contribution >= 4 is 0 Å². The van der Waals surface area contributed by atoms with E-state index in [2.05, 4.69) is 18.0 Å². The molecule has 0 heterocycles. The van der Waals surface area contributed by atoms with Gasteiger partial charge in [-0.3, -0.25) is 0 Å². The summed E-state index contributed by atoms with van der Waals surface area (Å²) in [5.74, 6) is 0.690. The molecule has 0 aromatic heterocycles. The van der Waals surface area contributed by atoms with Crippen molar-refractivity contribution in [1.82, 2.24) is 4.90 Å². The highest BCUT2D eigenvalue weighted by atomic mass is 15.1. The molecular formula is C13H25N3. The molecule has 16 heavy (non-hydrogen) atoms. The molecule has 1 rings (SSSR count). The Hall–Kier alpha value is -0.590. The third kappa shape index (κ3) is 4.11. The van der Waals surface area contributed by atoms with Gasteiger partial charge in [0.25, 0.3) is 0 Å². The van der Waals surface area contributed by atoms with Crippen LogP contribution in [0.5, 0.6) is 0 Å². The van der Waals surface area contributed by atoms with Crippen molar-refractivity contribution < 1.29 is 0 Å². The summed E-state index contributed by atoms with van der Waals surface area (Å²) >= 11 is 0. The molecular weight excluding hydrogens is 198 g/mol. The van der Waals surface area contributed by atoms with Gasteiger partial charge >= 0.3 is 0 Å². The average Bonchev–Trinajstić information content (AvgIpc) is 2.34. The lowest BCUT2D eigenvalue weighted by atomic mass is 9.83. The molecule has 2 N–H and O–H groups in total. The van der Waals surface area contributed by atoms with E-state index in [1.165, 1.54) is 25.7 Å². The molecule has 1 saturated carbocycles. The largest absolute Gasteiger partial charge is 0.330 e. The van der Waals surface area contributed by atoms with Gasteiger partial charge in [0, 0.05) is 12.5 Å². The molecule has 2 atom stereocenters. The molecule has 0 saturated heterocycles. The lowest BCUT2D eigenvalue weighted by Crippen LogP contribution is -2.43. The SMILES string of the molecule is CN(CCCCC#N)C1CCCCC1CN. The Balaban J connectivity index is 2.27. The van der Waals surface area contributed by atoms with E-state index in [0.717, 1.165) is 25.9 Å². The molecule has 1 aliphatic carbocycles. The van der Waals surface area contributed by atoms with E-state index in [0.29, 0.717) is 18.4 Å². The van der Waals surface area contributed by atoms with Crippen LogP contribution in [0.2, 0.25) is 0 Å². The normalized spacial score (nSPS) is 25.6. The predicted molar refractivity (Wildman–Crippen MR) is 66.9 cm³/mol. The van der Waals surface area contributed by atoms with E-state index in [9.17, 15) is 0 Å². The summed E-state index contributed by atoms with van der Waals surface area (Å²) in [5.41, 5.74) is 5.84. The molecule has 1 fully saturated rings. The zero-order valence-electron chi connectivity index (χ0n) is 10.5. The highest BCUT2D eigenvalue weighted by molar-refractivity contribution is 4.82. The lowest BCUT2D eigenvalue weighted by molar-refractivity contribution is 0.132. The molecule has 3 heteroatoms. The number of rotatable bonds is 6. The number of nitriles is 1. The molecule has 1 aliphatic rings. The Morgan fingerprint density at radius 1 is 1.31 bits per heavy atom.